The van der Waals surface area contributed by atoms with Gasteiger partial charge in [0.15, 0.2) is 0 Å². The van der Waals surface area contributed by atoms with Gasteiger partial charge < -0.3 is 29.7 Å². The third-order valence-corrected chi connectivity index (χ3v) is 3.98. The van der Waals surface area contributed by atoms with Gasteiger partial charge in [-0.2, -0.15) is 0 Å². The second-order valence-electron chi connectivity index (χ2n) is 4.19. The average molecular weight is 445 g/mol. The van der Waals surface area contributed by atoms with Crippen LogP contribution >= 0.6 is 0 Å². The van der Waals surface area contributed by atoms with Crippen molar-refractivity contribution in [2.75, 3.05) is 0 Å². The Morgan fingerprint density at radius 3 is 1.33 bits per heavy atom. The third-order valence-electron chi connectivity index (χ3n) is 2.33. The molecule has 24 heavy (non-hydrogen) atoms. The fourth-order valence-electron chi connectivity index (χ4n) is 0.943. The molecule has 7 heteroatoms. The van der Waals surface area contributed by atoms with E-state index in [1.54, 1.807) is 22.5 Å². The second kappa shape index (κ2) is 26.3. The Labute approximate surface area is 158 Å². The van der Waals surface area contributed by atoms with Crippen molar-refractivity contribution in [1.82, 2.24) is 0 Å². The number of carboxylic acid groups (broad SMARTS) is 3. The summed E-state index contributed by atoms with van der Waals surface area (Å²) in [6, 6.07) is 0. The Balaban J connectivity index is -0.000000116. The Kier molecular flexibility index (Phi) is 33.3. The molecule has 134 valence electrons. The van der Waals surface area contributed by atoms with Crippen LogP contribution in [0.4, 0.5) is 0 Å². The predicted octanol–water partition coefficient (Wildman–Crippen LogP) is -0.443. The van der Waals surface area contributed by atoms with Crippen molar-refractivity contribution < 1.29 is 29.7 Å². The molecule has 0 radical (unpaired) electrons. The first-order valence-electron chi connectivity index (χ1n) is 7.31. The fraction of sp³-hybridized carbons (Fsp3) is 0.471. The molecule has 1 unspecified atom stereocenters. The molecular formula is C17H26O6Sn. The summed E-state index contributed by atoms with van der Waals surface area (Å²) in [6.07, 6.45) is 7.84. The minimum atomic E-state index is -1.23. The van der Waals surface area contributed by atoms with Crippen molar-refractivity contribution in [3.05, 3.63) is 38.0 Å². The molecule has 0 aliphatic rings. The summed E-state index contributed by atoms with van der Waals surface area (Å²) in [6.45, 7) is 13.3. The average Bonchev–Trinajstić information content (AvgIpc) is 2.57. The first-order valence-corrected chi connectivity index (χ1v) is 9.33. The van der Waals surface area contributed by atoms with Gasteiger partial charge in [-0.05, 0) is 18.2 Å². The number of unbranched alkanes of at least 4 members (excludes halogenated alkanes) is 1. The summed E-state index contributed by atoms with van der Waals surface area (Å²) in [4.78, 5) is 27.4. The molecule has 0 saturated carbocycles. The number of rotatable bonds is 8. The molecule has 0 aromatic heterocycles. The van der Waals surface area contributed by atoms with Gasteiger partial charge in [-0.25, -0.2) is 0 Å². The number of carbonyl (C=O) groups excluding carboxylic acids is 3. The van der Waals surface area contributed by atoms with Crippen molar-refractivity contribution in [1.29, 1.82) is 0 Å². The van der Waals surface area contributed by atoms with Crippen LogP contribution in [-0.4, -0.2) is 40.4 Å². The van der Waals surface area contributed by atoms with Crippen LogP contribution in [0.3, 0.4) is 0 Å². The summed E-state index contributed by atoms with van der Waals surface area (Å²) >= 11 is 1.71. The van der Waals surface area contributed by atoms with E-state index in [0.29, 0.717) is 0 Å². The maximum atomic E-state index is 9.14. The maximum absolute atomic E-state index is 9.14. The van der Waals surface area contributed by atoms with Gasteiger partial charge in [0.25, 0.3) is 0 Å². The van der Waals surface area contributed by atoms with Gasteiger partial charge in [0.2, 0.25) is 0 Å². The van der Waals surface area contributed by atoms with Crippen molar-refractivity contribution >= 4 is 40.4 Å². The van der Waals surface area contributed by atoms with Gasteiger partial charge in [0, 0.05) is 0 Å². The monoisotopic (exact) mass is 446 g/mol. The summed E-state index contributed by atoms with van der Waals surface area (Å²) in [5.41, 5.74) is 0. The van der Waals surface area contributed by atoms with E-state index in [0.717, 1.165) is 24.1 Å². The zero-order chi connectivity index (χ0) is 20.0. The van der Waals surface area contributed by atoms with Crippen LogP contribution in [-0.2, 0) is 14.4 Å². The van der Waals surface area contributed by atoms with E-state index in [1.807, 2.05) is 0 Å². The van der Waals surface area contributed by atoms with Gasteiger partial charge in [-0.3, -0.25) is 0 Å². The molecule has 0 amide bonds. The number of hydrogen-bond donors (Lipinski definition) is 0. The molecule has 0 aromatic carbocycles. The third kappa shape index (κ3) is 49.9. The van der Waals surface area contributed by atoms with Gasteiger partial charge >= 0.3 is 72.4 Å². The van der Waals surface area contributed by atoms with E-state index >= 15 is 0 Å². The molecule has 0 saturated heterocycles. The molecule has 0 aromatic rings. The molecular weight excluding hydrogens is 419 g/mol. The summed E-state index contributed by atoms with van der Waals surface area (Å²) in [5, 5.41) is 27.4. The molecule has 1 atom stereocenters. The normalized spacial score (nSPS) is 9.17. The zero-order valence-corrected chi connectivity index (χ0v) is 17.3. The molecule has 0 rings (SSSR count). The van der Waals surface area contributed by atoms with Crippen LogP contribution in [0.15, 0.2) is 38.0 Å². The molecule has 0 bridgehead atoms. The van der Waals surface area contributed by atoms with E-state index < -0.39 is 17.9 Å². The molecule has 0 N–H and O–H groups in total. The summed E-state index contributed by atoms with van der Waals surface area (Å²) < 4.78 is 1.46. The van der Waals surface area contributed by atoms with Crippen LogP contribution in [0, 0.1) is 5.92 Å². The topological polar surface area (TPSA) is 120 Å². The van der Waals surface area contributed by atoms with E-state index in [4.69, 9.17) is 29.7 Å². The molecule has 0 spiro atoms. The molecule has 0 aliphatic carbocycles. The number of carboxylic acids is 3. The van der Waals surface area contributed by atoms with Crippen molar-refractivity contribution in [3.63, 3.8) is 0 Å². The quantitative estimate of drug-likeness (QED) is 0.369. The van der Waals surface area contributed by atoms with Gasteiger partial charge in [0.05, 0.1) is 17.9 Å². The number of carbonyl (C=O) groups is 3. The SMILES string of the molecule is C=CC(=O)[O-].C=CC(=O)[O-].C=CC(=O)[O-].CCCCC(CC)[CH2][Sn+3]. The van der Waals surface area contributed by atoms with Gasteiger partial charge in [-0.15, -0.1) is 0 Å². The van der Waals surface area contributed by atoms with Crippen molar-refractivity contribution in [3.8, 4) is 0 Å². The number of hydrogen-bond acceptors (Lipinski definition) is 6. The van der Waals surface area contributed by atoms with Crippen LogP contribution in [0.25, 0.3) is 0 Å². The van der Waals surface area contributed by atoms with Crippen molar-refractivity contribution in [2.45, 2.75) is 44.0 Å². The first kappa shape index (κ1) is 30.3. The van der Waals surface area contributed by atoms with E-state index in [-0.39, 0.29) is 0 Å². The fourth-order valence-corrected chi connectivity index (χ4v) is 2.35. The molecule has 0 aliphatic heterocycles. The zero-order valence-electron chi connectivity index (χ0n) is 14.4. The number of aliphatic carboxylic acids is 3. The predicted molar refractivity (Wildman–Crippen MR) is 89.5 cm³/mol. The van der Waals surface area contributed by atoms with Gasteiger partial charge in [-0.1, -0.05) is 19.7 Å². The Hall–Kier alpha value is -1.57. The standard InChI is InChI=1S/C8H17.3C3H4O2.Sn/c1-4-6-7-8(3)5-2;3*1-2-3(4)5;/h8H,3-7H2,1-2H3;3*2H,1H2,(H,4,5);/q;;;;+3/p-3. The van der Waals surface area contributed by atoms with Crippen LogP contribution in [0.5, 0.6) is 0 Å². The van der Waals surface area contributed by atoms with Crippen molar-refractivity contribution in [2.24, 2.45) is 5.92 Å². The van der Waals surface area contributed by atoms with E-state index in [1.165, 1.54) is 30.1 Å². The van der Waals surface area contributed by atoms with Crippen LogP contribution < -0.4 is 15.3 Å². The minimum absolute atomic E-state index is 0.722. The summed E-state index contributed by atoms with van der Waals surface area (Å²) in [5.74, 6) is -2.65. The van der Waals surface area contributed by atoms with Crippen LogP contribution in [0.2, 0.25) is 4.44 Å². The molecule has 0 fully saturated rings. The Morgan fingerprint density at radius 1 is 0.917 bits per heavy atom. The van der Waals surface area contributed by atoms with E-state index in [9.17, 15) is 0 Å². The Bertz CT molecular complexity index is 319. The first-order chi connectivity index (χ1) is 11.2. The van der Waals surface area contributed by atoms with Crippen LogP contribution in [0.1, 0.15) is 39.5 Å². The van der Waals surface area contributed by atoms with E-state index in [2.05, 4.69) is 33.6 Å². The summed E-state index contributed by atoms with van der Waals surface area (Å²) in [7, 11) is 0. The Morgan fingerprint density at radius 2 is 1.21 bits per heavy atom. The molecule has 0 heterocycles. The molecule has 6 nitrogen and oxygen atoms in total. The second-order valence-corrected chi connectivity index (χ2v) is 5.36. The van der Waals surface area contributed by atoms with Gasteiger partial charge in [0.1, 0.15) is 0 Å².